The predicted octanol–water partition coefficient (Wildman–Crippen LogP) is 2.52. The van der Waals surface area contributed by atoms with Crippen molar-refractivity contribution in [2.75, 3.05) is 11.3 Å². The number of aryl methyl sites for hydroxylation is 2. The van der Waals surface area contributed by atoms with E-state index in [9.17, 15) is 18.0 Å². The molecule has 1 atom stereocenters. The molecule has 2 bridgehead atoms. The lowest BCUT2D eigenvalue weighted by atomic mass is 9.94. The zero-order valence-corrected chi connectivity index (χ0v) is 18.6. The highest BCUT2D eigenvalue weighted by molar-refractivity contribution is 7.91. The van der Waals surface area contributed by atoms with Crippen LogP contribution < -0.4 is 10.1 Å². The molecule has 3 aliphatic heterocycles. The third-order valence-corrected chi connectivity index (χ3v) is 6.86. The first-order chi connectivity index (χ1) is 15.3. The fourth-order valence-electron chi connectivity index (χ4n) is 4.00. The van der Waals surface area contributed by atoms with E-state index < -0.39 is 27.8 Å². The van der Waals surface area contributed by atoms with E-state index >= 15 is 0 Å². The number of anilines is 1. The van der Waals surface area contributed by atoms with E-state index in [-0.39, 0.29) is 12.4 Å². The monoisotopic (exact) mass is 455 g/mol. The van der Waals surface area contributed by atoms with E-state index in [1.807, 2.05) is 18.2 Å². The average molecular weight is 456 g/mol. The number of benzene rings is 2. The van der Waals surface area contributed by atoms with Crippen molar-refractivity contribution in [2.24, 2.45) is 11.0 Å². The molecule has 0 radical (unpaired) electrons. The molecule has 168 valence electrons. The first kappa shape index (κ1) is 22.0. The zero-order valence-electron chi connectivity index (χ0n) is 17.8. The van der Waals surface area contributed by atoms with Gasteiger partial charge in [-0.25, -0.2) is 13.8 Å². The summed E-state index contributed by atoms with van der Waals surface area (Å²) >= 11 is 0. The van der Waals surface area contributed by atoms with Crippen molar-refractivity contribution in [1.82, 2.24) is 5.43 Å². The van der Waals surface area contributed by atoms with Crippen molar-refractivity contribution < 1.29 is 22.7 Å². The Bertz CT molecular complexity index is 1140. The van der Waals surface area contributed by atoms with Crippen LogP contribution in [-0.2, 0) is 42.9 Å². The SMILES string of the molecule is CCOC(=O)C1CC(c2ccc3c(c2)CCC3)=NNC1=O.O=S1(=O)Cc2ccc(cc2)N1. The number of amides is 1. The molecule has 32 heavy (non-hydrogen) atoms. The quantitative estimate of drug-likeness (QED) is 0.545. The third kappa shape index (κ3) is 4.99. The van der Waals surface area contributed by atoms with Gasteiger partial charge in [-0.15, -0.1) is 0 Å². The second-order valence-corrected chi connectivity index (χ2v) is 9.66. The number of ether oxygens (including phenoxy) is 1. The molecule has 4 aliphatic rings. The molecule has 0 saturated heterocycles. The Morgan fingerprint density at radius 3 is 2.62 bits per heavy atom. The summed E-state index contributed by atoms with van der Waals surface area (Å²) in [5.74, 6) is -1.59. The second kappa shape index (κ2) is 9.12. The molecule has 2 N–H and O–H groups in total. The molecule has 1 amide bonds. The molecule has 0 saturated carbocycles. The van der Waals surface area contributed by atoms with Gasteiger partial charge in [0.25, 0.3) is 5.91 Å². The van der Waals surface area contributed by atoms with Crippen molar-refractivity contribution in [3.05, 3.63) is 64.7 Å². The maximum Gasteiger partial charge on any atom is 0.318 e. The summed E-state index contributed by atoms with van der Waals surface area (Å²) in [4.78, 5) is 23.6. The second-order valence-electron chi connectivity index (χ2n) is 7.94. The maximum atomic E-state index is 11.8. The molecule has 0 aromatic heterocycles. The summed E-state index contributed by atoms with van der Waals surface area (Å²) in [5, 5.41) is 4.11. The fraction of sp³-hybridized carbons (Fsp3) is 0.348. The molecule has 0 fully saturated rings. The molecule has 2 aromatic rings. The van der Waals surface area contributed by atoms with Crippen molar-refractivity contribution in [1.29, 1.82) is 0 Å². The minimum atomic E-state index is -3.10. The molecule has 2 aromatic carbocycles. The Hall–Kier alpha value is -3.20. The van der Waals surface area contributed by atoms with Crippen LogP contribution in [0, 0.1) is 5.92 Å². The topological polar surface area (TPSA) is 114 Å². The Morgan fingerprint density at radius 2 is 1.88 bits per heavy atom. The van der Waals surface area contributed by atoms with Gasteiger partial charge in [-0.05, 0) is 66.6 Å². The van der Waals surface area contributed by atoms with E-state index in [1.54, 1.807) is 19.1 Å². The van der Waals surface area contributed by atoms with Gasteiger partial charge in [-0.1, -0.05) is 24.3 Å². The Labute approximate surface area is 187 Å². The van der Waals surface area contributed by atoms with E-state index in [0.29, 0.717) is 12.1 Å². The molecule has 6 rings (SSSR count). The average Bonchev–Trinajstić information content (AvgIpc) is 3.11. The minimum absolute atomic E-state index is 0.0868. The van der Waals surface area contributed by atoms with Gasteiger partial charge in [-0.3, -0.25) is 14.3 Å². The van der Waals surface area contributed by atoms with E-state index in [2.05, 4.69) is 27.4 Å². The molecule has 0 spiro atoms. The highest BCUT2D eigenvalue weighted by Gasteiger charge is 2.33. The van der Waals surface area contributed by atoms with Crippen LogP contribution in [-0.4, -0.2) is 32.6 Å². The summed E-state index contributed by atoms with van der Waals surface area (Å²) in [5.41, 5.74) is 8.36. The minimum Gasteiger partial charge on any atom is -0.465 e. The van der Waals surface area contributed by atoms with Crippen molar-refractivity contribution in [3.8, 4) is 0 Å². The van der Waals surface area contributed by atoms with Gasteiger partial charge >= 0.3 is 5.97 Å². The van der Waals surface area contributed by atoms with Crippen LogP contribution in [0.1, 0.15) is 42.0 Å². The lowest BCUT2D eigenvalue weighted by Crippen LogP contribution is -2.40. The standard InChI is InChI=1S/C16H18N2O3.C7H7NO2S/c1-2-21-16(20)13-9-14(17-18-15(13)19)12-7-6-10-4-3-5-11(10)8-12;9-11(10)5-6-1-3-7(8-11)4-2-6/h6-8,13H,2-5,9H2,1H3,(H,18,19);1-4,8H,5H2. The summed E-state index contributed by atoms with van der Waals surface area (Å²) in [6, 6.07) is 13.4. The summed E-state index contributed by atoms with van der Waals surface area (Å²) < 4.78 is 29.6. The van der Waals surface area contributed by atoms with Gasteiger partial charge in [0, 0.05) is 12.1 Å². The molecular weight excluding hydrogens is 430 g/mol. The third-order valence-electron chi connectivity index (χ3n) is 5.60. The van der Waals surface area contributed by atoms with Crippen molar-refractivity contribution in [3.63, 3.8) is 0 Å². The number of nitrogens with one attached hydrogen (secondary N) is 2. The smallest absolute Gasteiger partial charge is 0.318 e. The largest absolute Gasteiger partial charge is 0.465 e. The lowest BCUT2D eigenvalue weighted by molar-refractivity contribution is -0.152. The van der Waals surface area contributed by atoms with Gasteiger partial charge < -0.3 is 4.74 Å². The highest BCUT2D eigenvalue weighted by Crippen LogP contribution is 2.25. The van der Waals surface area contributed by atoms with Crippen LogP contribution in [0.25, 0.3) is 0 Å². The van der Waals surface area contributed by atoms with Gasteiger partial charge in [-0.2, -0.15) is 5.10 Å². The number of fused-ring (bicyclic) bond motifs is 5. The molecule has 1 unspecified atom stereocenters. The van der Waals surface area contributed by atoms with Gasteiger partial charge in [0.1, 0.15) is 5.92 Å². The Balaban J connectivity index is 0.000000186. The first-order valence-electron chi connectivity index (χ1n) is 10.6. The Morgan fingerprint density at radius 1 is 1.12 bits per heavy atom. The first-order valence-corrected chi connectivity index (χ1v) is 12.2. The van der Waals surface area contributed by atoms with Crippen LogP contribution in [0.5, 0.6) is 0 Å². The summed E-state index contributed by atoms with van der Waals surface area (Å²) in [6.45, 7) is 2.00. The highest BCUT2D eigenvalue weighted by atomic mass is 32.2. The molecular formula is C23H25N3O5S. The number of carbonyl (C=O) groups excluding carboxylic acids is 2. The van der Waals surface area contributed by atoms with Gasteiger partial charge in [0.15, 0.2) is 0 Å². The number of esters is 1. The van der Waals surface area contributed by atoms with Crippen molar-refractivity contribution in [2.45, 2.75) is 38.4 Å². The van der Waals surface area contributed by atoms with E-state index in [4.69, 9.17) is 4.74 Å². The van der Waals surface area contributed by atoms with Crippen LogP contribution in [0.15, 0.2) is 47.6 Å². The van der Waals surface area contributed by atoms with Crippen LogP contribution >= 0.6 is 0 Å². The van der Waals surface area contributed by atoms with Crippen LogP contribution in [0.2, 0.25) is 0 Å². The van der Waals surface area contributed by atoms with Crippen LogP contribution in [0.4, 0.5) is 5.69 Å². The number of carbonyl (C=O) groups is 2. The van der Waals surface area contributed by atoms with E-state index in [0.717, 1.165) is 29.7 Å². The lowest BCUT2D eigenvalue weighted by Gasteiger charge is -2.20. The summed E-state index contributed by atoms with van der Waals surface area (Å²) in [6.07, 6.45) is 3.70. The fourth-order valence-corrected chi connectivity index (χ4v) is 5.20. The Kier molecular flexibility index (Phi) is 6.27. The number of hydrazone groups is 1. The molecule has 8 nitrogen and oxygen atoms in total. The number of nitrogens with zero attached hydrogens (tertiary/aromatic N) is 1. The van der Waals surface area contributed by atoms with Crippen LogP contribution in [0.3, 0.4) is 0 Å². The number of hydrogen-bond acceptors (Lipinski definition) is 6. The number of hydrogen-bond donors (Lipinski definition) is 2. The molecule has 9 heteroatoms. The zero-order chi connectivity index (χ0) is 22.7. The predicted molar refractivity (Wildman–Crippen MR) is 121 cm³/mol. The normalized spacial score (nSPS) is 20.0. The van der Waals surface area contributed by atoms with E-state index in [1.165, 1.54) is 17.5 Å². The maximum absolute atomic E-state index is 11.8. The number of sulfonamides is 1. The van der Waals surface area contributed by atoms with Gasteiger partial charge in [0.05, 0.1) is 18.1 Å². The summed E-state index contributed by atoms with van der Waals surface area (Å²) in [7, 11) is -3.10. The molecule has 1 aliphatic carbocycles. The van der Waals surface area contributed by atoms with Crippen molar-refractivity contribution >= 4 is 33.3 Å². The molecule has 3 heterocycles. The number of rotatable bonds is 3. The van der Waals surface area contributed by atoms with Gasteiger partial charge in [0.2, 0.25) is 10.0 Å².